The molecule has 0 atom stereocenters. The molecule has 0 aromatic heterocycles. The van der Waals surface area contributed by atoms with Crippen molar-refractivity contribution in [1.82, 2.24) is 0 Å². The van der Waals surface area contributed by atoms with Gasteiger partial charge in [-0.2, -0.15) is 0 Å². The number of hydrogen-bond acceptors (Lipinski definition) is 5. The van der Waals surface area contributed by atoms with Gasteiger partial charge < -0.3 is 14.4 Å². The Balaban J connectivity index is 1.64. The average molecular weight is 360 g/mol. The topological polar surface area (TPSA) is 84.9 Å². The Bertz CT molecular complexity index is 971. The third-order valence-corrected chi connectivity index (χ3v) is 5.65. The Labute approximate surface area is 145 Å². The van der Waals surface area contributed by atoms with Crippen LogP contribution in [0.5, 0.6) is 11.5 Å². The lowest BCUT2D eigenvalue weighted by atomic mass is 10.1. The van der Waals surface area contributed by atoms with Crippen molar-refractivity contribution in [2.75, 3.05) is 23.0 Å². The molecule has 4 rings (SSSR count). The molecule has 0 aliphatic carbocycles. The lowest BCUT2D eigenvalue weighted by Crippen LogP contribution is -2.25. The fraction of sp³-hybridized carbons (Fsp3) is 0.235. The van der Waals surface area contributed by atoms with Crippen LogP contribution in [0.15, 0.2) is 41.3 Å². The smallest absolute Gasteiger partial charge is 0.262 e. The molecule has 0 saturated carbocycles. The first-order valence-electron chi connectivity index (χ1n) is 7.77. The van der Waals surface area contributed by atoms with Gasteiger partial charge in [0.2, 0.25) is 12.7 Å². The van der Waals surface area contributed by atoms with Crippen molar-refractivity contribution in [3.8, 4) is 11.5 Å². The van der Waals surface area contributed by atoms with E-state index in [1.165, 1.54) is 19.1 Å². The molecular weight excluding hydrogens is 344 g/mol. The number of fused-ring (bicyclic) bond motifs is 2. The van der Waals surface area contributed by atoms with E-state index in [1.54, 1.807) is 23.1 Å². The van der Waals surface area contributed by atoms with Crippen molar-refractivity contribution in [1.29, 1.82) is 0 Å². The maximum Gasteiger partial charge on any atom is 0.262 e. The lowest BCUT2D eigenvalue weighted by molar-refractivity contribution is -0.116. The molecular formula is C17H16N2O5S. The number of rotatable bonds is 3. The van der Waals surface area contributed by atoms with Gasteiger partial charge in [0.25, 0.3) is 10.0 Å². The van der Waals surface area contributed by atoms with Crippen molar-refractivity contribution in [3.05, 3.63) is 42.0 Å². The molecule has 2 aliphatic heterocycles. The summed E-state index contributed by atoms with van der Waals surface area (Å²) in [5.74, 6) is 0.864. The molecule has 0 radical (unpaired) electrons. The zero-order valence-corrected chi connectivity index (χ0v) is 14.3. The van der Waals surface area contributed by atoms with Crippen LogP contribution in [0.1, 0.15) is 12.5 Å². The van der Waals surface area contributed by atoms with Gasteiger partial charge in [0, 0.05) is 25.2 Å². The second kappa shape index (κ2) is 5.66. The summed E-state index contributed by atoms with van der Waals surface area (Å²) >= 11 is 0. The number of amides is 1. The van der Waals surface area contributed by atoms with Crippen LogP contribution in [0.2, 0.25) is 0 Å². The highest BCUT2D eigenvalue weighted by atomic mass is 32.2. The van der Waals surface area contributed by atoms with E-state index in [1.807, 2.05) is 6.07 Å². The molecule has 2 heterocycles. The predicted octanol–water partition coefficient (Wildman–Crippen LogP) is 2.13. The largest absolute Gasteiger partial charge is 0.454 e. The highest BCUT2D eigenvalue weighted by molar-refractivity contribution is 7.92. The van der Waals surface area contributed by atoms with Crippen molar-refractivity contribution in [2.24, 2.45) is 0 Å². The lowest BCUT2D eigenvalue weighted by Gasteiger charge is -2.16. The van der Waals surface area contributed by atoms with Crippen LogP contribution in [0.3, 0.4) is 0 Å². The van der Waals surface area contributed by atoms with Crippen LogP contribution in [-0.4, -0.2) is 27.7 Å². The van der Waals surface area contributed by atoms with Crippen LogP contribution in [0, 0.1) is 0 Å². The Kier molecular flexibility index (Phi) is 3.57. The zero-order valence-electron chi connectivity index (χ0n) is 13.5. The minimum atomic E-state index is -3.78. The monoisotopic (exact) mass is 360 g/mol. The molecule has 1 amide bonds. The number of benzene rings is 2. The Morgan fingerprint density at radius 3 is 2.72 bits per heavy atom. The summed E-state index contributed by atoms with van der Waals surface area (Å²) in [6, 6.07) is 9.69. The van der Waals surface area contributed by atoms with Gasteiger partial charge in [-0.15, -0.1) is 0 Å². The average Bonchev–Trinajstić information content (AvgIpc) is 3.19. The first-order valence-corrected chi connectivity index (χ1v) is 9.26. The molecule has 0 fully saturated rings. The van der Waals surface area contributed by atoms with E-state index in [4.69, 9.17) is 9.47 Å². The summed E-state index contributed by atoms with van der Waals surface area (Å²) in [7, 11) is -3.78. The summed E-state index contributed by atoms with van der Waals surface area (Å²) in [4.78, 5) is 13.4. The van der Waals surface area contributed by atoms with E-state index >= 15 is 0 Å². The third-order valence-electron chi connectivity index (χ3n) is 4.27. The van der Waals surface area contributed by atoms with Crippen LogP contribution in [0.25, 0.3) is 0 Å². The highest BCUT2D eigenvalue weighted by Crippen LogP contribution is 2.35. The fourth-order valence-corrected chi connectivity index (χ4v) is 4.09. The number of nitrogens with one attached hydrogen (secondary N) is 1. The number of carbonyl (C=O) groups is 1. The van der Waals surface area contributed by atoms with E-state index < -0.39 is 10.0 Å². The summed E-state index contributed by atoms with van der Waals surface area (Å²) in [6.07, 6.45) is 0.768. The second-order valence-corrected chi connectivity index (χ2v) is 7.57. The molecule has 2 aromatic carbocycles. The maximum atomic E-state index is 12.6. The van der Waals surface area contributed by atoms with Crippen LogP contribution in [0.4, 0.5) is 11.4 Å². The van der Waals surface area contributed by atoms with Crippen LogP contribution in [-0.2, 0) is 21.2 Å². The Morgan fingerprint density at radius 1 is 1.12 bits per heavy atom. The third kappa shape index (κ3) is 2.78. The van der Waals surface area contributed by atoms with E-state index in [-0.39, 0.29) is 17.6 Å². The maximum absolute atomic E-state index is 12.6. The van der Waals surface area contributed by atoms with Gasteiger partial charge in [0.05, 0.1) is 10.6 Å². The van der Waals surface area contributed by atoms with Gasteiger partial charge in [-0.05, 0) is 36.2 Å². The summed E-state index contributed by atoms with van der Waals surface area (Å²) in [6.45, 7) is 2.19. The molecule has 7 nitrogen and oxygen atoms in total. The van der Waals surface area contributed by atoms with E-state index in [9.17, 15) is 13.2 Å². The van der Waals surface area contributed by atoms with Gasteiger partial charge in [-0.1, -0.05) is 6.07 Å². The molecule has 0 spiro atoms. The SMILES string of the molecule is CC(=O)N1CCc2ccc(NS(=O)(=O)c3ccc4c(c3)OCO4)cc21. The van der Waals surface area contributed by atoms with Crippen molar-refractivity contribution >= 4 is 27.3 Å². The predicted molar refractivity (Wildman–Crippen MR) is 91.5 cm³/mol. The van der Waals surface area contributed by atoms with Crippen molar-refractivity contribution in [2.45, 2.75) is 18.2 Å². The van der Waals surface area contributed by atoms with Gasteiger partial charge in [-0.3, -0.25) is 9.52 Å². The molecule has 2 aliphatic rings. The number of carbonyl (C=O) groups excluding carboxylic acids is 1. The first kappa shape index (κ1) is 15.8. The molecule has 8 heteroatoms. The van der Waals surface area contributed by atoms with Gasteiger partial charge in [0.15, 0.2) is 11.5 Å². The fourth-order valence-electron chi connectivity index (χ4n) is 3.03. The molecule has 0 unspecified atom stereocenters. The number of hydrogen-bond donors (Lipinski definition) is 1. The van der Waals surface area contributed by atoms with Gasteiger partial charge in [0.1, 0.15) is 0 Å². The minimum absolute atomic E-state index is 0.0606. The first-order chi connectivity index (χ1) is 11.9. The normalized spacial score (nSPS) is 15.2. The summed E-state index contributed by atoms with van der Waals surface area (Å²) in [5.41, 5.74) is 2.18. The van der Waals surface area contributed by atoms with E-state index in [0.29, 0.717) is 23.7 Å². The summed E-state index contributed by atoms with van der Waals surface area (Å²) in [5, 5.41) is 0. The number of sulfonamides is 1. The van der Waals surface area contributed by atoms with E-state index in [0.717, 1.165) is 17.7 Å². The summed E-state index contributed by atoms with van der Waals surface area (Å²) < 4.78 is 38.2. The molecule has 0 bridgehead atoms. The quantitative estimate of drug-likeness (QED) is 0.906. The molecule has 130 valence electrons. The minimum Gasteiger partial charge on any atom is -0.454 e. The number of anilines is 2. The van der Waals surface area contributed by atoms with Crippen LogP contribution < -0.4 is 19.1 Å². The number of nitrogens with zero attached hydrogens (tertiary/aromatic N) is 1. The van der Waals surface area contributed by atoms with Crippen molar-refractivity contribution in [3.63, 3.8) is 0 Å². The van der Waals surface area contributed by atoms with Crippen molar-refractivity contribution < 1.29 is 22.7 Å². The number of ether oxygens (including phenoxy) is 2. The van der Waals surface area contributed by atoms with Gasteiger partial charge >= 0.3 is 0 Å². The highest BCUT2D eigenvalue weighted by Gasteiger charge is 2.24. The molecule has 1 N–H and O–H groups in total. The Morgan fingerprint density at radius 2 is 1.92 bits per heavy atom. The molecule has 25 heavy (non-hydrogen) atoms. The molecule has 2 aromatic rings. The van der Waals surface area contributed by atoms with Crippen LogP contribution >= 0.6 is 0 Å². The van der Waals surface area contributed by atoms with Gasteiger partial charge in [-0.25, -0.2) is 8.42 Å². The molecule has 0 saturated heterocycles. The van der Waals surface area contributed by atoms with E-state index in [2.05, 4.69) is 4.72 Å². The second-order valence-electron chi connectivity index (χ2n) is 5.88. The standard InChI is InChI=1S/C17H16N2O5S/c1-11(20)19-7-6-12-2-3-13(8-15(12)19)18-25(21,22)14-4-5-16-17(9-14)24-10-23-16/h2-5,8-9,18H,6-7,10H2,1H3. The zero-order chi connectivity index (χ0) is 17.6. The Hall–Kier alpha value is -2.74.